The van der Waals surface area contributed by atoms with Gasteiger partial charge in [0.15, 0.2) is 15.9 Å². The van der Waals surface area contributed by atoms with E-state index in [0.29, 0.717) is 6.04 Å². The second kappa shape index (κ2) is 7.46. The van der Waals surface area contributed by atoms with Gasteiger partial charge in [-0.25, -0.2) is 4.98 Å². The molecule has 27 heavy (non-hydrogen) atoms. The number of hydrogen-bond acceptors (Lipinski definition) is 7. The van der Waals surface area contributed by atoms with Crippen molar-refractivity contribution in [2.24, 2.45) is 0 Å². The topological polar surface area (TPSA) is 68.8 Å². The van der Waals surface area contributed by atoms with Gasteiger partial charge in [-0.3, -0.25) is 0 Å². The van der Waals surface area contributed by atoms with Crippen molar-refractivity contribution in [3.8, 4) is 10.8 Å². The van der Waals surface area contributed by atoms with E-state index >= 15 is 0 Å². The fourth-order valence-electron chi connectivity index (χ4n) is 3.38. The smallest absolute Gasteiger partial charge is 0.191 e. The van der Waals surface area contributed by atoms with E-state index in [2.05, 4.69) is 37.6 Å². The SMILES string of the molecule is c1ccc2oc(-c3nc(CSc4nncn4C4CCNCC4)cs3)cc2c1. The van der Waals surface area contributed by atoms with Gasteiger partial charge in [-0.15, -0.1) is 21.5 Å². The van der Waals surface area contributed by atoms with Crippen molar-refractivity contribution in [2.45, 2.75) is 29.8 Å². The molecule has 3 aromatic heterocycles. The molecule has 0 aliphatic carbocycles. The standard InChI is InChI=1S/C19H19N5OS2/c1-2-4-16-13(3-1)9-17(25-16)18-22-14(10-26-18)11-27-19-23-21-12-24(19)15-5-7-20-8-6-15/h1-4,9-10,12,15,20H,5-8,11H2. The minimum absolute atomic E-state index is 0.491. The quantitative estimate of drug-likeness (QED) is 0.505. The number of piperidine rings is 1. The van der Waals surface area contributed by atoms with Gasteiger partial charge < -0.3 is 14.3 Å². The average Bonchev–Trinajstić information content (AvgIpc) is 3.45. The Morgan fingerprint density at radius 2 is 2.15 bits per heavy atom. The number of furan rings is 1. The van der Waals surface area contributed by atoms with E-state index in [1.165, 1.54) is 0 Å². The van der Waals surface area contributed by atoms with Crippen LogP contribution in [0.2, 0.25) is 0 Å². The Bertz CT molecular complexity index is 1010. The van der Waals surface area contributed by atoms with E-state index in [9.17, 15) is 0 Å². The van der Waals surface area contributed by atoms with Crippen LogP contribution in [-0.4, -0.2) is 32.8 Å². The number of thioether (sulfide) groups is 1. The van der Waals surface area contributed by atoms with Gasteiger partial charge in [-0.1, -0.05) is 30.0 Å². The van der Waals surface area contributed by atoms with E-state index < -0.39 is 0 Å². The van der Waals surface area contributed by atoms with Crippen molar-refractivity contribution < 1.29 is 4.42 Å². The summed E-state index contributed by atoms with van der Waals surface area (Å²) < 4.78 is 8.15. The third kappa shape index (κ3) is 3.52. The molecule has 4 heterocycles. The number of fused-ring (bicyclic) bond motifs is 1. The molecular weight excluding hydrogens is 378 g/mol. The highest BCUT2D eigenvalue weighted by Crippen LogP contribution is 2.32. The minimum atomic E-state index is 0.491. The molecule has 0 saturated carbocycles. The summed E-state index contributed by atoms with van der Waals surface area (Å²) in [6.45, 7) is 2.11. The summed E-state index contributed by atoms with van der Waals surface area (Å²) in [5, 5.41) is 16.9. The number of thiazole rings is 1. The molecule has 1 saturated heterocycles. The molecule has 8 heteroatoms. The number of nitrogens with one attached hydrogen (secondary N) is 1. The van der Waals surface area contributed by atoms with Crippen LogP contribution in [0.4, 0.5) is 0 Å². The number of hydrogen-bond donors (Lipinski definition) is 1. The van der Waals surface area contributed by atoms with Crippen LogP contribution in [0.5, 0.6) is 0 Å². The van der Waals surface area contributed by atoms with Gasteiger partial charge in [-0.05, 0) is 38.1 Å². The van der Waals surface area contributed by atoms with E-state index in [1.54, 1.807) is 23.1 Å². The Labute approximate surface area is 165 Å². The molecule has 0 atom stereocenters. The lowest BCUT2D eigenvalue weighted by molar-refractivity contribution is 0.350. The molecule has 138 valence electrons. The number of nitrogens with zero attached hydrogens (tertiary/aromatic N) is 4. The molecule has 0 amide bonds. The van der Waals surface area contributed by atoms with Gasteiger partial charge in [0.25, 0.3) is 0 Å². The van der Waals surface area contributed by atoms with Gasteiger partial charge in [0, 0.05) is 22.6 Å². The van der Waals surface area contributed by atoms with Gasteiger partial charge in [-0.2, -0.15) is 0 Å². The summed E-state index contributed by atoms with van der Waals surface area (Å²) >= 11 is 3.31. The first-order valence-corrected chi connectivity index (χ1v) is 10.9. The molecule has 1 aliphatic rings. The molecule has 1 aromatic carbocycles. The summed E-state index contributed by atoms with van der Waals surface area (Å²) in [6.07, 6.45) is 4.11. The zero-order chi connectivity index (χ0) is 18.1. The maximum Gasteiger partial charge on any atom is 0.191 e. The highest BCUT2D eigenvalue weighted by Gasteiger charge is 2.19. The Hall–Kier alpha value is -2.16. The van der Waals surface area contributed by atoms with Gasteiger partial charge in [0.05, 0.1) is 5.69 Å². The van der Waals surface area contributed by atoms with Gasteiger partial charge in [0.2, 0.25) is 0 Å². The average molecular weight is 398 g/mol. The van der Waals surface area contributed by atoms with Crippen LogP contribution in [-0.2, 0) is 5.75 Å². The zero-order valence-electron chi connectivity index (χ0n) is 14.7. The molecule has 1 N–H and O–H groups in total. The first-order valence-electron chi connectivity index (χ1n) is 9.03. The lowest BCUT2D eigenvalue weighted by Gasteiger charge is -2.24. The summed E-state index contributed by atoms with van der Waals surface area (Å²) in [5.74, 6) is 1.61. The minimum Gasteiger partial charge on any atom is -0.454 e. The summed E-state index contributed by atoms with van der Waals surface area (Å²) in [6, 6.07) is 10.6. The van der Waals surface area contributed by atoms with Crippen LogP contribution in [0, 0.1) is 0 Å². The highest BCUT2D eigenvalue weighted by atomic mass is 32.2. The number of aromatic nitrogens is 4. The van der Waals surface area contributed by atoms with Crippen molar-refractivity contribution in [3.63, 3.8) is 0 Å². The van der Waals surface area contributed by atoms with E-state index in [1.807, 2.05) is 24.5 Å². The summed E-state index contributed by atoms with van der Waals surface area (Å²) in [5.41, 5.74) is 1.94. The molecule has 5 rings (SSSR count). The lowest BCUT2D eigenvalue weighted by Crippen LogP contribution is -2.29. The predicted octanol–water partition coefficient (Wildman–Crippen LogP) is 4.36. The lowest BCUT2D eigenvalue weighted by atomic mass is 10.1. The highest BCUT2D eigenvalue weighted by molar-refractivity contribution is 7.98. The van der Waals surface area contributed by atoms with E-state index in [0.717, 1.165) is 64.3 Å². The number of para-hydroxylation sites is 1. The molecule has 6 nitrogen and oxygen atoms in total. The maximum absolute atomic E-state index is 5.92. The Morgan fingerprint density at radius 1 is 1.26 bits per heavy atom. The fraction of sp³-hybridized carbons (Fsp3) is 0.316. The number of benzene rings is 1. The normalized spacial score (nSPS) is 15.6. The van der Waals surface area contributed by atoms with Crippen molar-refractivity contribution in [1.82, 2.24) is 25.1 Å². The molecule has 0 bridgehead atoms. The molecular formula is C19H19N5OS2. The second-order valence-electron chi connectivity index (χ2n) is 6.58. The van der Waals surface area contributed by atoms with Crippen LogP contribution in [0.15, 0.2) is 51.6 Å². The molecule has 0 spiro atoms. The van der Waals surface area contributed by atoms with Crippen LogP contribution in [0.3, 0.4) is 0 Å². The van der Waals surface area contributed by atoms with Crippen molar-refractivity contribution in [2.75, 3.05) is 13.1 Å². The summed E-state index contributed by atoms with van der Waals surface area (Å²) in [4.78, 5) is 4.75. The third-order valence-electron chi connectivity index (χ3n) is 4.78. The molecule has 0 radical (unpaired) electrons. The molecule has 4 aromatic rings. The molecule has 0 unspecified atom stereocenters. The third-order valence-corrected chi connectivity index (χ3v) is 6.68. The number of rotatable bonds is 5. The van der Waals surface area contributed by atoms with Crippen LogP contribution >= 0.6 is 23.1 Å². The van der Waals surface area contributed by atoms with E-state index in [4.69, 9.17) is 9.40 Å². The molecule has 1 fully saturated rings. The predicted molar refractivity (Wildman–Crippen MR) is 108 cm³/mol. The maximum atomic E-state index is 5.92. The van der Waals surface area contributed by atoms with Crippen molar-refractivity contribution in [1.29, 1.82) is 0 Å². The Kier molecular flexibility index (Phi) is 4.69. The van der Waals surface area contributed by atoms with Gasteiger partial charge >= 0.3 is 0 Å². The van der Waals surface area contributed by atoms with Gasteiger partial charge in [0.1, 0.15) is 11.9 Å². The van der Waals surface area contributed by atoms with Crippen molar-refractivity contribution in [3.05, 3.63) is 47.7 Å². The first-order chi connectivity index (χ1) is 13.4. The summed E-state index contributed by atoms with van der Waals surface area (Å²) in [7, 11) is 0. The van der Waals surface area contributed by atoms with Crippen LogP contribution < -0.4 is 5.32 Å². The first kappa shape index (κ1) is 17.0. The Balaban J connectivity index is 1.29. The second-order valence-corrected chi connectivity index (χ2v) is 8.38. The van der Waals surface area contributed by atoms with Crippen LogP contribution in [0.25, 0.3) is 21.7 Å². The zero-order valence-corrected chi connectivity index (χ0v) is 16.3. The van der Waals surface area contributed by atoms with Crippen LogP contribution in [0.1, 0.15) is 24.6 Å². The molecule has 1 aliphatic heterocycles. The Morgan fingerprint density at radius 3 is 3.04 bits per heavy atom. The van der Waals surface area contributed by atoms with Crippen molar-refractivity contribution >= 4 is 34.1 Å². The van der Waals surface area contributed by atoms with E-state index in [-0.39, 0.29) is 0 Å². The largest absolute Gasteiger partial charge is 0.454 e. The fourth-order valence-corrected chi connectivity index (χ4v) is 5.13. The monoisotopic (exact) mass is 397 g/mol.